The number of ether oxygens (including phenoxy) is 1. The number of benzene rings is 2. The molecule has 166 valence electrons. The zero-order valence-electron chi connectivity index (χ0n) is 19.5. The molecule has 0 bridgehead atoms. The van der Waals surface area contributed by atoms with E-state index in [-0.39, 0.29) is 11.9 Å². The molecule has 2 atom stereocenters. The van der Waals surface area contributed by atoms with Gasteiger partial charge in [-0.1, -0.05) is 24.3 Å². The number of likely N-dealkylation sites (tertiary alicyclic amines) is 1. The third-order valence-electron chi connectivity index (χ3n) is 7.24. The van der Waals surface area contributed by atoms with E-state index in [9.17, 15) is 4.79 Å². The highest BCUT2D eigenvalue weighted by molar-refractivity contribution is 5.75. The van der Waals surface area contributed by atoms with E-state index in [4.69, 9.17) is 4.74 Å². The van der Waals surface area contributed by atoms with E-state index >= 15 is 0 Å². The molecular formula is C27H36N2O2. The lowest BCUT2D eigenvalue weighted by Gasteiger charge is -2.25. The number of hydrogen-bond acceptors (Lipinski definition) is 3. The minimum Gasteiger partial charge on any atom is -0.496 e. The second-order valence-corrected chi connectivity index (χ2v) is 9.31. The number of amides is 1. The van der Waals surface area contributed by atoms with Gasteiger partial charge in [0.05, 0.1) is 7.11 Å². The Balaban J connectivity index is 1.54. The van der Waals surface area contributed by atoms with Gasteiger partial charge >= 0.3 is 0 Å². The van der Waals surface area contributed by atoms with Crippen molar-refractivity contribution < 1.29 is 9.53 Å². The predicted octanol–water partition coefficient (Wildman–Crippen LogP) is 4.72. The Morgan fingerprint density at radius 3 is 2.48 bits per heavy atom. The van der Waals surface area contributed by atoms with Crippen molar-refractivity contribution in [2.24, 2.45) is 0 Å². The fourth-order valence-electron chi connectivity index (χ4n) is 5.29. The van der Waals surface area contributed by atoms with E-state index < -0.39 is 0 Å². The second kappa shape index (κ2) is 9.44. The largest absolute Gasteiger partial charge is 0.496 e. The summed E-state index contributed by atoms with van der Waals surface area (Å²) in [4.78, 5) is 16.6. The number of hydrogen-bond donors (Lipinski definition) is 0. The van der Waals surface area contributed by atoms with Crippen LogP contribution in [0.1, 0.15) is 50.3 Å². The van der Waals surface area contributed by atoms with E-state index in [0.717, 1.165) is 49.7 Å². The van der Waals surface area contributed by atoms with Gasteiger partial charge in [-0.3, -0.25) is 4.79 Å². The molecule has 2 heterocycles. The van der Waals surface area contributed by atoms with Crippen molar-refractivity contribution in [3.8, 4) is 16.9 Å². The van der Waals surface area contributed by atoms with Crippen LogP contribution < -0.4 is 4.74 Å². The summed E-state index contributed by atoms with van der Waals surface area (Å²) >= 11 is 0. The fraction of sp³-hybridized carbons (Fsp3) is 0.519. The standard InChI is InChI=1S/C27H36N2O2/c1-19-6-5-13-28(19)14-11-22-7-9-23(10-8-22)26-17-25-16-20(2)29(21(3)30)15-12-24(25)18-27(26)31-4/h7-10,17-20H,5-6,11-16H2,1-4H3. The van der Waals surface area contributed by atoms with Crippen LogP contribution in [0.25, 0.3) is 11.1 Å². The van der Waals surface area contributed by atoms with Gasteiger partial charge in [0.15, 0.2) is 0 Å². The minimum atomic E-state index is 0.159. The molecule has 0 spiro atoms. The molecule has 2 aromatic rings. The van der Waals surface area contributed by atoms with Crippen LogP contribution in [0.5, 0.6) is 5.75 Å². The average molecular weight is 421 g/mol. The molecule has 0 saturated carbocycles. The molecule has 4 heteroatoms. The number of nitrogens with zero attached hydrogens (tertiary/aromatic N) is 2. The first-order valence-electron chi connectivity index (χ1n) is 11.8. The Bertz CT molecular complexity index is 922. The lowest BCUT2D eigenvalue weighted by molar-refractivity contribution is -0.130. The monoisotopic (exact) mass is 420 g/mol. The number of carbonyl (C=O) groups excluding carboxylic acids is 1. The summed E-state index contributed by atoms with van der Waals surface area (Å²) in [7, 11) is 1.75. The predicted molar refractivity (Wildman–Crippen MR) is 127 cm³/mol. The summed E-state index contributed by atoms with van der Waals surface area (Å²) in [6, 6.07) is 14.4. The van der Waals surface area contributed by atoms with Crippen LogP contribution >= 0.6 is 0 Å². The van der Waals surface area contributed by atoms with Crippen LogP contribution in [0.3, 0.4) is 0 Å². The van der Waals surface area contributed by atoms with Crippen LogP contribution in [0.15, 0.2) is 36.4 Å². The molecule has 2 aliphatic rings. The van der Waals surface area contributed by atoms with E-state index in [1.54, 1.807) is 14.0 Å². The molecular weight excluding hydrogens is 384 g/mol. The van der Waals surface area contributed by atoms with Gasteiger partial charge in [-0.25, -0.2) is 0 Å². The van der Waals surface area contributed by atoms with Gasteiger partial charge in [-0.2, -0.15) is 0 Å². The van der Waals surface area contributed by atoms with E-state index in [2.05, 4.69) is 55.1 Å². The Morgan fingerprint density at radius 1 is 1.06 bits per heavy atom. The minimum absolute atomic E-state index is 0.159. The Morgan fingerprint density at radius 2 is 1.84 bits per heavy atom. The van der Waals surface area contributed by atoms with E-state index in [1.165, 1.54) is 41.6 Å². The Kier molecular flexibility index (Phi) is 6.66. The first-order chi connectivity index (χ1) is 15.0. The molecule has 1 amide bonds. The molecule has 1 saturated heterocycles. The topological polar surface area (TPSA) is 32.8 Å². The average Bonchev–Trinajstić information content (AvgIpc) is 3.09. The van der Waals surface area contributed by atoms with Crippen LogP contribution in [-0.4, -0.2) is 54.5 Å². The van der Waals surface area contributed by atoms with Crippen molar-refractivity contribution in [3.05, 3.63) is 53.1 Å². The zero-order chi connectivity index (χ0) is 22.0. The molecule has 2 aliphatic heterocycles. The molecule has 0 aliphatic carbocycles. The van der Waals surface area contributed by atoms with Crippen LogP contribution in [0.2, 0.25) is 0 Å². The molecule has 31 heavy (non-hydrogen) atoms. The summed E-state index contributed by atoms with van der Waals surface area (Å²) in [6.45, 7) is 9.33. The van der Waals surface area contributed by atoms with Crippen LogP contribution in [0, 0.1) is 0 Å². The summed E-state index contributed by atoms with van der Waals surface area (Å²) in [5.74, 6) is 1.08. The molecule has 1 fully saturated rings. The first-order valence-corrected chi connectivity index (χ1v) is 11.8. The van der Waals surface area contributed by atoms with Crippen molar-refractivity contribution in [3.63, 3.8) is 0 Å². The summed E-state index contributed by atoms with van der Waals surface area (Å²) < 4.78 is 5.78. The third-order valence-corrected chi connectivity index (χ3v) is 7.24. The maximum atomic E-state index is 12.0. The summed E-state index contributed by atoms with van der Waals surface area (Å²) in [5, 5.41) is 0. The number of rotatable bonds is 5. The van der Waals surface area contributed by atoms with Crippen molar-refractivity contribution >= 4 is 5.91 Å². The van der Waals surface area contributed by atoms with E-state index in [1.807, 2.05) is 4.90 Å². The van der Waals surface area contributed by atoms with Gasteiger partial charge in [0.2, 0.25) is 5.91 Å². The number of fused-ring (bicyclic) bond motifs is 1. The van der Waals surface area contributed by atoms with Gasteiger partial charge in [-0.05, 0) is 86.9 Å². The summed E-state index contributed by atoms with van der Waals surface area (Å²) in [5.41, 5.74) is 6.36. The lowest BCUT2D eigenvalue weighted by Crippen LogP contribution is -2.38. The highest BCUT2D eigenvalue weighted by atomic mass is 16.5. The van der Waals surface area contributed by atoms with E-state index in [0.29, 0.717) is 0 Å². The molecule has 0 N–H and O–H groups in total. The van der Waals surface area contributed by atoms with Crippen LogP contribution in [-0.2, 0) is 24.1 Å². The summed E-state index contributed by atoms with van der Waals surface area (Å²) in [6.07, 6.45) is 5.53. The van der Waals surface area contributed by atoms with Crippen molar-refractivity contribution in [2.75, 3.05) is 26.7 Å². The maximum Gasteiger partial charge on any atom is 0.219 e. The van der Waals surface area contributed by atoms with Crippen LogP contribution in [0.4, 0.5) is 0 Å². The molecule has 4 rings (SSSR count). The number of carbonyl (C=O) groups is 1. The molecule has 0 radical (unpaired) electrons. The Hall–Kier alpha value is -2.33. The number of methoxy groups -OCH3 is 1. The molecule has 4 nitrogen and oxygen atoms in total. The quantitative estimate of drug-likeness (QED) is 0.701. The lowest BCUT2D eigenvalue weighted by atomic mass is 9.93. The SMILES string of the molecule is COc1cc2c(cc1-c1ccc(CCN3CCCC3C)cc1)CC(C)N(C(C)=O)CC2. The van der Waals surface area contributed by atoms with Crippen molar-refractivity contribution in [2.45, 2.75) is 65.0 Å². The van der Waals surface area contributed by atoms with Gasteiger partial charge in [0, 0.05) is 37.7 Å². The molecule has 2 unspecified atom stereocenters. The van der Waals surface area contributed by atoms with Gasteiger partial charge in [0.25, 0.3) is 0 Å². The third kappa shape index (κ3) is 4.79. The molecule has 2 aromatic carbocycles. The highest BCUT2D eigenvalue weighted by Gasteiger charge is 2.24. The smallest absolute Gasteiger partial charge is 0.219 e. The Labute approximate surface area is 187 Å². The fourth-order valence-corrected chi connectivity index (χ4v) is 5.29. The van der Waals surface area contributed by atoms with Gasteiger partial charge < -0.3 is 14.5 Å². The second-order valence-electron chi connectivity index (χ2n) is 9.31. The highest BCUT2D eigenvalue weighted by Crippen LogP contribution is 2.35. The van der Waals surface area contributed by atoms with Crippen molar-refractivity contribution in [1.82, 2.24) is 9.80 Å². The van der Waals surface area contributed by atoms with Gasteiger partial charge in [-0.15, -0.1) is 0 Å². The molecule has 0 aromatic heterocycles. The zero-order valence-corrected chi connectivity index (χ0v) is 19.5. The van der Waals surface area contributed by atoms with Crippen molar-refractivity contribution in [1.29, 1.82) is 0 Å². The maximum absolute atomic E-state index is 12.0. The van der Waals surface area contributed by atoms with Gasteiger partial charge in [0.1, 0.15) is 5.75 Å². The normalized spacial score (nSPS) is 21.6. The first kappa shape index (κ1) is 21.9.